The van der Waals surface area contributed by atoms with Crippen molar-refractivity contribution in [2.45, 2.75) is 39.2 Å². The minimum Gasteiger partial charge on any atom is -0.496 e. The number of ether oxygens (including phenoxy) is 3. The highest BCUT2D eigenvalue weighted by Crippen LogP contribution is 2.32. The molecule has 0 aromatic heterocycles. The number of benzene rings is 2. The van der Waals surface area contributed by atoms with E-state index in [0.717, 1.165) is 40.4 Å². The van der Waals surface area contributed by atoms with Crippen LogP contribution in [0.2, 0.25) is 0 Å². The Kier molecular flexibility index (Phi) is 5.66. The summed E-state index contributed by atoms with van der Waals surface area (Å²) in [5.74, 6) is 2.42. The van der Waals surface area contributed by atoms with E-state index >= 15 is 0 Å². The van der Waals surface area contributed by atoms with Crippen LogP contribution in [0, 0.1) is 6.92 Å². The Bertz CT molecular complexity index is 788. The van der Waals surface area contributed by atoms with Gasteiger partial charge in [0.05, 0.1) is 13.2 Å². The summed E-state index contributed by atoms with van der Waals surface area (Å²) in [5, 5.41) is 3.13. The minimum atomic E-state index is 0.00357. The van der Waals surface area contributed by atoms with Gasteiger partial charge >= 0.3 is 0 Å². The Morgan fingerprint density at radius 1 is 1.19 bits per heavy atom. The number of fused-ring (bicyclic) bond motifs is 1. The smallest absolute Gasteiger partial charge is 0.231 e. The zero-order valence-electron chi connectivity index (χ0n) is 15.5. The van der Waals surface area contributed by atoms with E-state index in [-0.39, 0.29) is 18.7 Å². The average Bonchev–Trinajstić information content (AvgIpc) is 3.12. The molecule has 2 aromatic rings. The van der Waals surface area contributed by atoms with Crippen LogP contribution in [0.1, 0.15) is 42.5 Å². The molecule has 26 heavy (non-hydrogen) atoms. The van der Waals surface area contributed by atoms with Gasteiger partial charge in [0, 0.05) is 6.42 Å². The number of carbonyl (C=O) groups excluding carboxylic acids is 1. The summed E-state index contributed by atoms with van der Waals surface area (Å²) in [4.78, 5) is 12.4. The van der Waals surface area contributed by atoms with E-state index in [4.69, 9.17) is 14.2 Å². The monoisotopic (exact) mass is 355 g/mol. The maximum Gasteiger partial charge on any atom is 0.231 e. The Morgan fingerprint density at radius 3 is 2.73 bits per heavy atom. The fourth-order valence-electron chi connectivity index (χ4n) is 3.16. The van der Waals surface area contributed by atoms with Gasteiger partial charge in [-0.1, -0.05) is 25.1 Å². The molecule has 0 saturated heterocycles. The zero-order valence-corrected chi connectivity index (χ0v) is 15.5. The highest BCUT2D eigenvalue weighted by Gasteiger charge is 2.16. The van der Waals surface area contributed by atoms with Gasteiger partial charge in [0.15, 0.2) is 11.5 Å². The first-order chi connectivity index (χ1) is 12.6. The van der Waals surface area contributed by atoms with Crippen molar-refractivity contribution in [3.05, 3.63) is 53.1 Å². The van der Waals surface area contributed by atoms with Crippen molar-refractivity contribution in [1.82, 2.24) is 5.32 Å². The van der Waals surface area contributed by atoms with Crippen molar-refractivity contribution >= 4 is 5.91 Å². The number of rotatable bonds is 7. The molecule has 1 aliphatic heterocycles. The number of nitrogens with one attached hydrogen (secondary N) is 1. The molecular weight excluding hydrogens is 330 g/mol. The standard InChI is InChI=1S/C21H25NO4/c1-4-17(16-7-9-18(24-3)14(2)11-16)22-21(23)10-6-15-5-8-19-20(12-15)26-13-25-19/h5,7-9,11-12,17H,4,6,10,13H2,1-3H3,(H,22,23)/t17-/m0/s1. The third-order valence-corrected chi connectivity index (χ3v) is 4.64. The van der Waals surface area contributed by atoms with Gasteiger partial charge in [-0.25, -0.2) is 0 Å². The third-order valence-electron chi connectivity index (χ3n) is 4.64. The molecule has 138 valence electrons. The van der Waals surface area contributed by atoms with Gasteiger partial charge in [-0.15, -0.1) is 0 Å². The van der Waals surface area contributed by atoms with Gasteiger partial charge in [0.25, 0.3) is 0 Å². The molecule has 5 nitrogen and oxygen atoms in total. The van der Waals surface area contributed by atoms with E-state index in [9.17, 15) is 4.79 Å². The van der Waals surface area contributed by atoms with Crippen LogP contribution in [0.15, 0.2) is 36.4 Å². The summed E-state index contributed by atoms with van der Waals surface area (Å²) in [6, 6.07) is 11.9. The zero-order chi connectivity index (χ0) is 18.5. The SMILES string of the molecule is CC[C@H](NC(=O)CCc1ccc2c(c1)OCO2)c1ccc(OC)c(C)c1. The summed E-state index contributed by atoms with van der Waals surface area (Å²) >= 11 is 0. The molecular formula is C21H25NO4. The molecule has 0 spiro atoms. The topological polar surface area (TPSA) is 56.8 Å². The quantitative estimate of drug-likeness (QED) is 0.817. The summed E-state index contributed by atoms with van der Waals surface area (Å²) < 4.78 is 16.0. The van der Waals surface area contributed by atoms with Crippen LogP contribution in [0.3, 0.4) is 0 Å². The molecule has 0 aliphatic carbocycles. The fourth-order valence-corrected chi connectivity index (χ4v) is 3.16. The highest BCUT2D eigenvalue weighted by atomic mass is 16.7. The van der Waals surface area contributed by atoms with Crippen LogP contribution in [-0.2, 0) is 11.2 Å². The van der Waals surface area contributed by atoms with E-state index in [2.05, 4.69) is 18.3 Å². The molecule has 0 bridgehead atoms. The molecule has 1 amide bonds. The average molecular weight is 355 g/mol. The summed E-state index contributed by atoms with van der Waals surface area (Å²) in [6.07, 6.45) is 1.94. The normalized spacial score (nSPS) is 13.3. The summed E-state index contributed by atoms with van der Waals surface area (Å²) in [5.41, 5.74) is 3.23. The van der Waals surface area contributed by atoms with E-state index in [1.165, 1.54) is 0 Å². The molecule has 5 heteroatoms. The second kappa shape index (κ2) is 8.13. The van der Waals surface area contributed by atoms with Crippen molar-refractivity contribution in [2.75, 3.05) is 13.9 Å². The van der Waals surface area contributed by atoms with Crippen molar-refractivity contribution in [3.8, 4) is 17.2 Å². The second-order valence-corrected chi connectivity index (χ2v) is 6.45. The predicted molar refractivity (Wildman–Crippen MR) is 99.8 cm³/mol. The molecule has 1 N–H and O–H groups in total. The number of hydrogen-bond acceptors (Lipinski definition) is 4. The first kappa shape index (κ1) is 18.1. The Balaban J connectivity index is 1.58. The Labute approximate surface area is 154 Å². The second-order valence-electron chi connectivity index (χ2n) is 6.45. The third kappa shape index (κ3) is 4.10. The van der Waals surface area contributed by atoms with Gasteiger partial charge in [0.1, 0.15) is 5.75 Å². The number of carbonyl (C=O) groups is 1. The van der Waals surface area contributed by atoms with Crippen molar-refractivity contribution in [1.29, 1.82) is 0 Å². The molecule has 0 radical (unpaired) electrons. The Morgan fingerprint density at radius 2 is 2.00 bits per heavy atom. The number of amides is 1. The van der Waals surface area contributed by atoms with E-state index in [1.807, 2.05) is 37.3 Å². The van der Waals surface area contributed by atoms with E-state index < -0.39 is 0 Å². The number of aryl methyl sites for hydroxylation is 2. The molecule has 1 aliphatic rings. The molecule has 3 rings (SSSR count). The first-order valence-corrected chi connectivity index (χ1v) is 8.93. The van der Waals surface area contributed by atoms with Crippen LogP contribution in [-0.4, -0.2) is 19.8 Å². The van der Waals surface area contributed by atoms with Gasteiger partial charge < -0.3 is 19.5 Å². The molecule has 0 saturated carbocycles. The Hall–Kier alpha value is -2.69. The van der Waals surface area contributed by atoms with E-state index in [0.29, 0.717) is 12.8 Å². The van der Waals surface area contributed by atoms with Crippen LogP contribution in [0.4, 0.5) is 0 Å². The highest BCUT2D eigenvalue weighted by molar-refractivity contribution is 5.76. The van der Waals surface area contributed by atoms with Crippen molar-refractivity contribution < 1.29 is 19.0 Å². The van der Waals surface area contributed by atoms with Gasteiger partial charge in [-0.3, -0.25) is 4.79 Å². The lowest BCUT2D eigenvalue weighted by atomic mass is 10.0. The maximum atomic E-state index is 12.4. The van der Waals surface area contributed by atoms with Gasteiger partial charge in [-0.05, 0) is 54.7 Å². The summed E-state index contributed by atoms with van der Waals surface area (Å²) in [7, 11) is 1.66. The van der Waals surface area contributed by atoms with Crippen LogP contribution < -0.4 is 19.5 Å². The van der Waals surface area contributed by atoms with Crippen molar-refractivity contribution in [2.24, 2.45) is 0 Å². The van der Waals surface area contributed by atoms with Gasteiger partial charge in [-0.2, -0.15) is 0 Å². The van der Waals surface area contributed by atoms with Crippen LogP contribution >= 0.6 is 0 Å². The number of hydrogen-bond donors (Lipinski definition) is 1. The fraction of sp³-hybridized carbons (Fsp3) is 0.381. The molecule has 0 fully saturated rings. The lowest BCUT2D eigenvalue weighted by Crippen LogP contribution is -2.28. The lowest BCUT2D eigenvalue weighted by Gasteiger charge is -2.19. The largest absolute Gasteiger partial charge is 0.496 e. The molecule has 1 heterocycles. The first-order valence-electron chi connectivity index (χ1n) is 8.93. The molecule has 1 atom stereocenters. The molecule has 0 unspecified atom stereocenters. The minimum absolute atomic E-state index is 0.00357. The lowest BCUT2D eigenvalue weighted by molar-refractivity contribution is -0.121. The van der Waals surface area contributed by atoms with Crippen LogP contribution in [0.5, 0.6) is 17.2 Å². The maximum absolute atomic E-state index is 12.4. The number of methoxy groups -OCH3 is 1. The predicted octanol–water partition coefficient (Wildman–Crippen LogP) is 3.93. The molecule has 2 aromatic carbocycles. The van der Waals surface area contributed by atoms with E-state index in [1.54, 1.807) is 7.11 Å². The summed E-state index contributed by atoms with van der Waals surface area (Å²) in [6.45, 7) is 4.34. The van der Waals surface area contributed by atoms with Gasteiger partial charge in [0.2, 0.25) is 12.7 Å². The van der Waals surface area contributed by atoms with Crippen molar-refractivity contribution in [3.63, 3.8) is 0 Å². The van der Waals surface area contributed by atoms with Crippen LogP contribution in [0.25, 0.3) is 0 Å².